The maximum absolute atomic E-state index is 11.8. The molecule has 2 aliphatic heterocycles. The Morgan fingerprint density at radius 3 is 1.31 bits per heavy atom. The lowest BCUT2D eigenvalue weighted by Gasteiger charge is -2.32. The molecule has 264 valence electrons. The number of rotatable bonds is 4. The SMILES string of the molecule is C.CC(C)(C)OC(=O)OC(=O)OC(C)(C)C.CCOC(=O)C1CCN(C(=O)OC(C)(C)C)CC1.CCOC(=O)C1CCNCC1. The Morgan fingerprint density at radius 2 is 0.978 bits per heavy atom. The van der Waals surface area contributed by atoms with Crippen LogP contribution in [0.15, 0.2) is 0 Å². The third-order valence-electron chi connectivity index (χ3n) is 5.67. The lowest BCUT2D eigenvalue weighted by atomic mass is 9.97. The minimum Gasteiger partial charge on any atom is -0.466 e. The summed E-state index contributed by atoms with van der Waals surface area (Å²) < 4.78 is 29.0. The summed E-state index contributed by atoms with van der Waals surface area (Å²) in [7, 11) is 0. The zero-order chi connectivity index (χ0) is 34.1. The smallest absolute Gasteiger partial charge is 0.466 e. The molecule has 13 nitrogen and oxygen atoms in total. The van der Waals surface area contributed by atoms with Gasteiger partial charge < -0.3 is 38.6 Å². The molecule has 45 heavy (non-hydrogen) atoms. The molecular formula is C32H60N2O11. The lowest BCUT2D eigenvalue weighted by Crippen LogP contribution is -2.43. The van der Waals surface area contributed by atoms with Crippen LogP contribution in [-0.2, 0) is 38.0 Å². The first-order valence-corrected chi connectivity index (χ1v) is 15.3. The lowest BCUT2D eigenvalue weighted by molar-refractivity contribution is -0.150. The second kappa shape index (κ2) is 20.8. The van der Waals surface area contributed by atoms with Crippen molar-refractivity contribution in [2.45, 2.75) is 126 Å². The Kier molecular flexibility index (Phi) is 20.4. The fourth-order valence-electron chi connectivity index (χ4n) is 3.81. The predicted octanol–water partition coefficient (Wildman–Crippen LogP) is 6.26. The Balaban J connectivity index is 0. The van der Waals surface area contributed by atoms with Gasteiger partial charge in [-0.3, -0.25) is 9.59 Å². The fourth-order valence-corrected chi connectivity index (χ4v) is 3.81. The highest BCUT2D eigenvalue weighted by atomic mass is 16.8. The van der Waals surface area contributed by atoms with Gasteiger partial charge in [0.15, 0.2) is 0 Å². The Hall–Kier alpha value is -3.09. The summed E-state index contributed by atoms with van der Waals surface area (Å²) in [6, 6.07) is 0. The number of carbonyl (C=O) groups excluding carboxylic acids is 5. The minimum atomic E-state index is -1.06. The molecule has 2 fully saturated rings. The first-order chi connectivity index (χ1) is 20.2. The molecule has 0 radical (unpaired) electrons. The second-order valence-corrected chi connectivity index (χ2v) is 13.3. The number of nitrogens with zero attached hydrogens (tertiary/aromatic N) is 1. The molecular weight excluding hydrogens is 588 g/mol. The number of carbonyl (C=O) groups is 5. The number of amides is 1. The standard InChI is InChI=1S/C13H23NO4.C10H18O5.C8H15NO2.CH4/c1-5-17-11(15)10-6-8-14(9-7-10)12(16)18-13(2,3)4;1-9(2,3)14-7(11)13-8(12)15-10(4,5)6;1-2-11-8(10)7-3-5-9-6-4-7;/h10H,5-9H2,1-4H3;1-6H3;7,9H,2-6H2,1H3;1H4. The molecule has 0 aromatic heterocycles. The topological polar surface area (TPSA) is 156 Å². The molecule has 1 amide bonds. The van der Waals surface area contributed by atoms with E-state index in [4.69, 9.17) is 23.7 Å². The van der Waals surface area contributed by atoms with E-state index < -0.39 is 29.1 Å². The third kappa shape index (κ3) is 23.0. The van der Waals surface area contributed by atoms with Crippen LogP contribution in [0.2, 0.25) is 0 Å². The van der Waals surface area contributed by atoms with E-state index in [1.54, 1.807) is 53.4 Å². The molecule has 0 aromatic rings. The van der Waals surface area contributed by atoms with Crippen molar-refractivity contribution in [2.24, 2.45) is 11.8 Å². The Labute approximate surface area is 270 Å². The summed E-state index contributed by atoms with van der Waals surface area (Å²) in [6.45, 7) is 23.1. The maximum Gasteiger partial charge on any atom is 0.519 e. The van der Waals surface area contributed by atoms with Crippen LogP contribution in [0.5, 0.6) is 0 Å². The summed E-state index contributed by atoms with van der Waals surface area (Å²) in [4.78, 5) is 58.2. The van der Waals surface area contributed by atoms with E-state index in [0.717, 1.165) is 25.9 Å². The number of likely N-dealkylation sites (tertiary alicyclic amines) is 1. The van der Waals surface area contributed by atoms with Crippen LogP contribution in [0.25, 0.3) is 0 Å². The molecule has 2 aliphatic rings. The van der Waals surface area contributed by atoms with E-state index in [-0.39, 0.29) is 37.3 Å². The van der Waals surface area contributed by atoms with Crippen LogP contribution < -0.4 is 5.32 Å². The van der Waals surface area contributed by atoms with Gasteiger partial charge >= 0.3 is 30.3 Å². The van der Waals surface area contributed by atoms with Gasteiger partial charge in [0, 0.05) is 13.1 Å². The zero-order valence-electron chi connectivity index (χ0n) is 28.7. The molecule has 0 atom stereocenters. The van der Waals surface area contributed by atoms with Gasteiger partial charge in [0.2, 0.25) is 0 Å². The first kappa shape index (κ1) is 44.0. The molecule has 1 N–H and O–H groups in total. The maximum atomic E-state index is 11.8. The number of piperidine rings is 2. The highest BCUT2D eigenvalue weighted by Gasteiger charge is 2.30. The predicted molar refractivity (Wildman–Crippen MR) is 170 cm³/mol. The zero-order valence-corrected chi connectivity index (χ0v) is 28.7. The largest absolute Gasteiger partial charge is 0.519 e. The summed E-state index contributed by atoms with van der Waals surface area (Å²) in [5, 5.41) is 3.20. The van der Waals surface area contributed by atoms with Gasteiger partial charge in [-0.25, -0.2) is 14.4 Å². The molecule has 0 bridgehead atoms. The quantitative estimate of drug-likeness (QED) is 0.208. The normalized spacial score (nSPS) is 15.8. The first-order valence-electron chi connectivity index (χ1n) is 15.3. The van der Waals surface area contributed by atoms with Gasteiger partial charge in [-0.15, -0.1) is 0 Å². The summed E-state index contributed by atoms with van der Waals surface area (Å²) in [5.41, 5.74) is -1.87. The molecule has 13 heteroatoms. The monoisotopic (exact) mass is 648 g/mol. The average molecular weight is 649 g/mol. The number of ether oxygens (including phenoxy) is 6. The van der Waals surface area contributed by atoms with Crippen molar-refractivity contribution in [3.05, 3.63) is 0 Å². The van der Waals surface area contributed by atoms with Crippen molar-refractivity contribution in [3.63, 3.8) is 0 Å². The molecule has 2 heterocycles. The number of hydrogen-bond acceptors (Lipinski definition) is 12. The molecule has 0 aromatic carbocycles. The average Bonchev–Trinajstić information content (AvgIpc) is 2.87. The van der Waals surface area contributed by atoms with Crippen molar-refractivity contribution in [1.82, 2.24) is 10.2 Å². The summed E-state index contributed by atoms with van der Waals surface area (Å²) >= 11 is 0. The highest BCUT2D eigenvalue weighted by molar-refractivity contribution is 5.77. The fraction of sp³-hybridized carbons (Fsp3) is 0.844. The molecule has 2 rings (SSSR count). The van der Waals surface area contributed by atoms with Gasteiger partial charge in [-0.05, 0) is 115 Å². The van der Waals surface area contributed by atoms with Gasteiger partial charge in [0.05, 0.1) is 25.0 Å². The van der Waals surface area contributed by atoms with Crippen molar-refractivity contribution < 1.29 is 52.4 Å². The van der Waals surface area contributed by atoms with E-state index in [1.165, 1.54) is 0 Å². The number of hydrogen-bond donors (Lipinski definition) is 1. The molecule has 0 saturated carbocycles. The van der Waals surface area contributed by atoms with Gasteiger partial charge in [-0.1, -0.05) is 7.43 Å². The van der Waals surface area contributed by atoms with Crippen molar-refractivity contribution in [1.29, 1.82) is 0 Å². The summed E-state index contributed by atoms with van der Waals surface area (Å²) in [6.07, 6.45) is 0.742. The van der Waals surface area contributed by atoms with Crippen LogP contribution >= 0.6 is 0 Å². The van der Waals surface area contributed by atoms with E-state index in [9.17, 15) is 24.0 Å². The number of nitrogens with one attached hydrogen (secondary N) is 1. The third-order valence-corrected chi connectivity index (χ3v) is 5.67. The van der Waals surface area contributed by atoms with Gasteiger partial charge in [0.1, 0.15) is 16.8 Å². The van der Waals surface area contributed by atoms with E-state index in [2.05, 4.69) is 10.1 Å². The van der Waals surface area contributed by atoms with Crippen LogP contribution in [0, 0.1) is 11.8 Å². The Morgan fingerprint density at radius 1 is 0.622 bits per heavy atom. The van der Waals surface area contributed by atoms with Crippen LogP contribution in [0.4, 0.5) is 14.4 Å². The molecule has 0 aliphatic carbocycles. The Bertz CT molecular complexity index is 878. The van der Waals surface area contributed by atoms with Crippen LogP contribution in [0.3, 0.4) is 0 Å². The number of esters is 2. The van der Waals surface area contributed by atoms with Crippen LogP contribution in [0.1, 0.15) is 109 Å². The van der Waals surface area contributed by atoms with Crippen molar-refractivity contribution in [3.8, 4) is 0 Å². The molecule has 0 unspecified atom stereocenters. The highest BCUT2D eigenvalue weighted by Crippen LogP contribution is 2.21. The van der Waals surface area contributed by atoms with E-state index >= 15 is 0 Å². The summed E-state index contributed by atoms with van der Waals surface area (Å²) in [5.74, 6) is -0.102. The minimum absolute atomic E-state index is 0. The molecule has 2 saturated heterocycles. The van der Waals surface area contributed by atoms with E-state index in [1.807, 2.05) is 27.7 Å². The van der Waals surface area contributed by atoms with Crippen molar-refractivity contribution in [2.75, 3.05) is 39.4 Å². The second-order valence-electron chi connectivity index (χ2n) is 13.3. The van der Waals surface area contributed by atoms with Crippen molar-refractivity contribution >= 4 is 30.3 Å². The van der Waals surface area contributed by atoms with E-state index in [0.29, 0.717) is 39.1 Å². The van der Waals surface area contributed by atoms with Gasteiger partial charge in [0.25, 0.3) is 0 Å². The van der Waals surface area contributed by atoms with Crippen LogP contribution in [-0.4, -0.2) is 91.4 Å². The van der Waals surface area contributed by atoms with Gasteiger partial charge in [-0.2, -0.15) is 0 Å². The molecule has 0 spiro atoms.